The number of aryl methyl sites for hydroxylation is 1. The second kappa shape index (κ2) is 5.30. The molecular weight excluding hydrogens is 303 g/mol. The lowest BCUT2D eigenvalue weighted by Crippen LogP contribution is -2.16. The van der Waals surface area contributed by atoms with Crippen molar-refractivity contribution in [2.45, 2.75) is 31.5 Å². The molecule has 0 amide bonds. The van der Waals surface area contributed by atoms with Gasteiger partial charge in [-0.15, -0.1) is 0 Å². The summed E-state index contributed by atoms with van der Waals surface area (Å²) >= 11 is 6.01. The molecule has 21 heavy (non-hydrogen) atoms. The van der Waals surface area contributed by atoms with Crippen molar-refractivity contribution in [2.75, 3.05) is 5.32 Å². The summed E-state index contributed by atoms with van der Waals surface area (Å²) in [6, 6.07) is 5.09. The summed E-state index contributed by atoms with van der Waals surface area (Å²) in [7, 11) is 0. The zero-order chi connectivity index (χ0) is 15.0. The van der Waals surface area contributed by atoms with E-state index >= 15 is 0 Å². The van der Waals surface area contributed by atoms with Crippen molar-refractivity contribution in [1.29, 1.82) is 0 Å². The molecule has 0 spiro atoms. The Morgan fingerprint density at radius 1 is 1.24 bits per heavy atom. The lowest BCUT2D eigenvalue weighted by Gasteiger charge is -2.24. The first-order valence-electron chi connectivity index (χ1n) is 6.64. The maximum absolute atomic E-state index is 12.8. The third kappa shape index (κ3) is 2.88. The van der Waals surface area contributed by atoms with Crippen LogP contribution in [0.25, 0.3) is 0 Å². The molecule has 1 aromatic carbocycles. The van der Waals surface area contributed by atoms with Gasteiger partial charge in [0, 0.05) is 12.0 Å². The van der Waals surface area contributed by atoms with Crippen molar-refractivity contribution in [3.8, 4) is 0 Å². The van der Waals surface area contributed by atoms with E-state index in [9.17, 15) is 13.2 Å². The van der Waals surface area contributed by atoms with Crippen molar-refractivity contribution < 1.29 is 17.6 Å². The fourth-order valence-electron chi connectivity index (χ4n) is 2.64. The highest BCUT2D eigenvalue weighted by Crippen LogP contribution is 2.38. The molecule has 112 valence electrons. The minimum absolute atomic E-state index is 0.0755. The lowest BCUT2D eigenvalue weighted by atomic mass is 9.93. The number of fused-ring (bicyclic) bond motifs is 1. The summed E-state index contributed by atoms with van der Waals surface area (Å²) in [4.78, 5) is 0. The van der Waals surface area contributed by atoms with Gasteiger partial charge in [0.25, 0.3) is 0 Å². The molecule has 0 fully saturated rings. The molecule has 1 atom stereocenters. The second-order valence-electron chi connectivity index (χ2n) is 5.08. The molecule has 1 heterocycles. The molecule has 3 rings (SSSR count). The third-order valence-electron chi connectivity index (χ3n) is 3.68. The smallest absolute Gasteiger partial charge is 0.416 e. The lowest BCUT2D eigenvalue weighted by molar-refractivity contribution is -0.137. The quantitative estimate of drug-likeness (QED) is 0.798. The van der Waals surface area contributed by atoms with Gasteiger partial charge in [0.15, 0.2) is 0 Å². The van der Waals surface area contributed by atoms with Crippen LogP contribution in [0.1, 0.15) is 35.8 Å². The number of alkyl halides is 3. The Morgan fingerprint density at radius 2 is 2.05 bits per heavy atom. The summed E-state index contributed by atoms with van der Waals surface area (Å²) in [6.45, 7) is 0. The van der Waals surface area contributed by atoms with Gasteiger partial charge in [-0.2, -0.15) is 13.2 Å². The number of hydrogen-bond acceptors (Lipinski definition) is 2. The number of benzene rings is 1. The monoisotopic (exact) mass is 315 g/mol. The van der Waals surface area contributed by atoms with Gasteiger partial charge >= 0.3 is 6.18 Å². The molecule has 0 saturated carbocycles. The van der Waals surface area contributed by atoms with E-state index in [1.54, 1.807) is 6.26 Å². The van der Waals surface area contributed by atoms with Crippen molar-refractivity contribution in [1.82, 2.24) is 0 Å². The molecule has 1 aliphatic rings. The van der Waals surface area contributed by atoms with Crippen LogP contribution < -0.4 is 5.32 Å². The van der Waals surface area contributed by atoms with Gasteiger partial charge in [0.1, 0.15) is 5.76 Å². The summed E-state index contributed by atoms with van der Waals surface area (Å²) in [5, 5.41) is 3.39. The fourth-order valence-corrected chi connectivity index (χ4v) is 2.81. The maximum Gasteiger partial charge on any atom is 0.416 e. The topological polar surface area (TPSA) is 25.2 Å². The van der Waals surface area contributed by atoms with E-state index in [1.807, 2.05) is 6.07 Å². The van der Waals surface area contributed by atoms with Gasteiger partial charge in [-0.3, -0.25) is 0 Å². The van der Waals surface area contributed by atoms with Gasteiger partial charge in [0.05, 0.1) is 28.6 Å². The molecule has 1 N–H and O–H groups in total. The summed E-state index contributed by atoms with van der Waals surface area (Å²) in [5.74, 6) is 0.891. The molecule has 1 aromatic heterocycles. The number of furan rings is 1. The van der Waals surface area contributed by atoms with E-state index in [0.717, 1.165) is 42.7 Å². The van der Waals surface area contributed by atoms with Crippen LogP contribution in [0, 0.1) is 0 Å². The Morgan fingerprint density at radius 3 is 2.81 bits per heavy atom. The molecule has 2 aromatic rings. The molecule has 1 aliphatic carbocycles. The molecule has 1 unspecified atom stereocenters. The van der Waals surface area contributed by atoms with Crippen LogP contribution in [-0.2, 0) is 12.6 Å². The van der Waals surface area contributed by atoms with Crippen LogP contribution in [0.3, 0.4) is 0 Å². The van der Waals surface area contributed by atoms with Crippen LogP contribution >= 0.6 is 11.6 Å². The molecule has 0 radical (unpaired) electrons. The molecular formula is C15H13ClF3NO. The Labute approximate surface area is 124 Å². The average Bonchev–Trinajstić information content (AvgIpc) is 2.89. The standard InChI is InChI=1S/C15H13ClF3NO/c16-11-5-4-9(15(17,18)19)8-13(11)20-12-2-1-3-14-10(12)6-7-21-14/h4-8,12,20H,1-3H2. The minimum atomic E-state index is -4.38. The predicted molar refractivity (Wildman–Crippen MR) is 74.5 cm³/mol. The maximum atomic E-state index is 12.8. The first kappa shape index (κ1) is 14.3. The van der Waals surface area contributed by atoms with Crippen LogP contribution in [0.4, 0.5) is 18.9 Å². The highest BCUT2D eigenvalue weighted by molar-refractivity contribution is 6.33. The highest BCUT2D eigenvalue weighted by Gasteiger charge is 2.31. The zero-order valence-corrected chi connectivity index (χ0v) is 11.8. The first-order valence-corrected chi connectivity index (χ1v) is 7.02. The Balaban J connectivity index is 1.89. The number of halogens is 4. The third-order valence-corrected chi connectivity index (χ3v) is 4.00. The van der Waals surface area contributed by atoms with E-state index in [0.29, 0.717) is 5.69 Å². The molecule has 0 bridgehead atoms. The van der Waals surface area contributed by atoms with E-state index in [4.69, 9.17) is 16.0 Å². The normalized spacial score (nSPS) is 18.4. The molecule has 6 heteroatoms. The largest absolute Gasteiger partial charge is 0.469 e. The highest BCUT2D eigenvalue weighted by atomic mass is 35.5. The summed E-state index contributed by atoms with van der Waals surface area (Å²) < 4.78 is 43.7. The van der Waals surface area contributed by atoms with Crippen molar-refractivity contribution in [3.63, 3.8) is 0 Å². The van der Waals surface area contributed by atoms with E-state index < -0.39 is 11.7 Å². The predicted octanol–water partition coefficient (Wildman–Crippen LogP) is 5.44. The van der Waals surface area contributed by atoms with Crippen molar-refractivity contribution >= 4 is 17.3 Å². The zero-order valence-electron chi connectivity index (χ0n) is 11.0. The van der Waals surface area contributed by atoms with Crippen LogP contribution in [-0.4, -0.2) is 0 Å². The van der Waals surface area contributed by atoms with Crippen molar-refractivity contribution in [3.05, 3.63) is 52.4 Å². The van der Waals surface area contributed by atoms with Gasteiger partial charge < -0.3 is 9.73 Å². The van der Waals surface area contributed by atoms with Crippen LogP contribution in [0.5, 0.6) is 0 Å². The second-order valence-corrected chi connectivity index (χ2v) is 5.49. The van der Waals surface area contributed by atoms with E-state index in [2.05, 4.69) is 5.32 Å². The summed E-state index contributed by atoms with van der Waals surface area (Å²) in [5.41, 5.74) is 0.581. The van der Waals surface area contributed by atoms with E-state index in [1.165, 1.54) is 6.07 Å². The Bertz CT molecular complexity index is 651. The van der Waals surface area contributed by atoms with Gasteiger partial charge in [-0.05, 0) is 37.1 Å². The summed E-state index contributed by atoms with van der Waals surface area (Å²) in [6.07, 6.45) is -0.155. The van der Waals surface area contributed by atoms with Gasteiger partial charge in [0.2, 0.25) is 0 Å². The minimum Gasteiger partial charge on any atom is -0.469 e. The van der Waals surface area contributed by atoms with E-state index in [-0.39, 0.29) is 11.1 Å². The number of hydrogen-bond donors (Lipinski definition) is 1. The fraction of sp³-hybridized carbons (Fsp3) is 0.333. The Kier molecular flexibility index (Phi) is 3.61. The van der Waals surface area contributed by atoms with Crippen LogP contribution in [0.15, 0.2) is 34.9 Å². The Hall–Kier alpha value is -1.62. The SMILES string of the molecule is FC(F)(F)c1ccc(Cl)c(NC2CCCc3occc32)c1. The van der Waals surface area contributed by atoms with Crippen LogP contribution in [0.2, 0.25) is 5.02 Å². The van der Waals surface area contributed by atoms with Crippen molar-refractivity contribution in [2.24, 2.45) is 0 Å². The van der Waals surface area contributed by atoms with Gasteiger partial charge in [-0.1, -0.05) is 11.6 Å². The first-order chi connectivity index (χ1) is 9.95. The van der Waals surface area contributed by atoms with Gasteiger partial charge in [-0.25, -0.2) is 0 Å². The average molecular weight is 316 g/mol. The molecule has 2 nitrogen and oxygen atoms in total. The molecule has 0 aliphatic heterocycles. The number of anilines is 1. The number of nitrogens with one attached hydrogen (secondary N) is 1. The molecule has 0 saturated heterocycles. The number of rotatable bonds is 2.